The van der Waals surface area contributed by atoms with Crippen molar-refractivity contribution < 1.29 is 4.42 Å². The van der Waals surface area contributed by atoms with Crippen molar-refractivity contribution in [1.82, 2.24) is 15.2 Å². The molecule has 2 heterocycles. The molecule has 0 aliphatic rings. The topological polar surface area (TPSA) is 69.0 Å². The standard InChI is InChI=1S/C9H11ClN4O/c1-14-9(6(10)5-12-14)8(13-11)7-3-2-4-15-7/h2-5,8,13H,11H2,1H3. The summed E-state index contributed by atoms with van der Waals surface area (Å²) in [5.74, 6) is 6.18. The van der Waals surface area contributed by atoms with Gasteiger partial charge in [0.1, 0.15) is 11.8 Å². The van der Waals surface area contributed by atoms with E-state index in [1.165, 1.54) is 0 Å². The highest BCUT2D eigenvalue weighted by atomic mass is 35.5. The van der Waals surface area contributed by atoms with E-state index >= 15 is 0 Å². The Labute approximate surface area is 91.8 Å². The van der Waals surface area contributed by atoms with E-state index in [0.29, 0.717) is 10.8 Å². The lowest BCUT2D eigenvalue weighted by Gasteiger charge is -2.14. The van der Waals surface area contributed by atoms with Gasteiger partial charge in [0.2, 0.25) is 0 Å². The molecule has 2 aromatic heterocycles. The van der Waals surface area contributed by atoms with E-state index in [4.69, 9.17) is 21.9 Å². The fraction of sp³-hybridized carbons (Fsp3) is 0.222. The van der Waals surface area contributed by atoms with E-state index in [1.807, 2.05) is 6.07 Å². The zero-order chi connectivity index (χ0) is 10.8. The maximum absolute atomic E-state index is 6.01. The molecule has 0 fully saturated rings. The molecule has 6 heteroatoms. The number of furan rings is 1. The van der Waals surface area contributed by atoms with Gasteiger partial charge in [0.05, 0.1) is 23.2 Å². The normalized spacial score (nSPS) is 13.0. The third-order valence-corrected chi connectivity index (χ3v) is 2.50. The summed E-state index contributed by atoms with van der Waals surface area (Å²) in [7, 11) is 1.80. The van der Waals surface area contributed by atoms with Crippen molar-refractivity contribution in [2.24, 2.45) is 12.9 Å². The minimum atomic E-state index is -0.292. The first-order chi connectivity index (χ1) is 7.24. The van der Waals surface area contributed by atoms with Gasteiger partial charge in [-0.1, -0.05) is 11.6 Å². The van der Waals surface area contributed by atoms with E-state index in [1.54, 1.807) is 30.3 Å². The molecule has 0 aliphatic carbocycles. The first kappa shape index (κ1) is 10.2. The molecule has 2 aromatic rings. The van der Waals surface area contributed by atoms with E-state index in [2.05, 4.69) is 10.5 Å². The number of nitrogens with two attached hydrogens (primary N) is 1. The zero-order valence-corrected chi connectivity index (χ0v) is 8.90. The number of hydrogen-bond donors (Lipinski definition) is 2. The molecular weight excluding hydrogens is 216 g/mol. The third kappa shape index (κ3) is 1.77. The second kappa shape index (κ2) is 4.06. The fourth-order valence-corrected chi connectivity index (χ4v) is 1.77. The lowest BCUT2D eigenvalue weighted by atomic mass is 10.1. The molecular formula is C9H11ClN4O. The van der Waals surface area contributed by atoms with Gasteiger partial charge in [-0.3, -0.25) is 10.5 Å². The van der Waals surface area contributed by atoms with Crippen molar-refractivity contribution in [3.8, 4) is 0 Å². The molecule has 1 unspecified atom stereocenters. The largest absolute Gasteiger partial charge is 0.467 e. The number of hydrogen-bond acceptors (Lipinski definition) is 4. The summed E-state index contributed by atoms with van der Waals surface area (Å²) in [6.45, 7) is 0. The Morgan fingerprint density at radius 3 is 2.93 bits per heavy atom. The highest BCUT2D eigenvalue weighted by Gasteiger charge is 2.21. The Morgan fingerprint density at radius 2 is 2.47 bits per heavy atom. The fourth-order valence-electron chi connectivity index (χ4n) is 1.50. The maximum atomic E-state index is 6.01. The van der Waals surface area contributed by atoms with E-state index in [0.717, 1.165) is 5.69 Å². The lowest BCUT2D eigenvalue weighted by molar-refractivity contribution is 0.438. The van der Waals surface area contributed by atoms with Gasteiger partial charge < -0.3 is 4.42 Å². The van der Waals surface area contributed by atoms with Crippen LogP contribution in [-0.4, -0.2) is 9.78 Å². The van der Waals surface area contributed by atoms with Crippen molar-refractivity contribution in [3.63, 3.8) is 0 Å². The van der Waals surface area contributed by atoms with Gasteiger partial charge in [-0.25, -0.2) is 5.43 Å². The molecule has 0 saturated heterocycles. The molecule has 5 nitrogen and oxygen atoms in total. The minimum Gasteiger partial charge on any atom is -0.467 e. The molecule has 0 bridgehead atoms. The van der Waals surface area contributed by atoms with Crippen LogP contribution in [-0.2, 0) is 7.05 Å². The van der Waals surface area contributed by atoms with Crippen LogP contribution >= 0.6 is 11.6 Å². The number of nitrogens with zero attached hydrogens (tertiary/aromatic N) is 2. The van der Waals surface area contributed by atoms with E-state index in [9.17, 15) is 0 Å². The Bertz CT molecular complexity index is 417. The molecule has 1 atom stereocenters. The average Bonchev–Trinajstić information content (AvgIpc) is 2.83. The van der Waals surface area contributed by atoms with Crippen LogP contribution in [0.4, 0.5) is 0 Å². The number of rotatable bonds is 3. The van der Waals surface area contributed by atoms with Gasteiger partial charge in [0, 0.05) is 7.05 Å². The molecule has 0 aromatic carbocycles. The molecule has 0 radical (unpaired) electrons. The summed E-state index contributed by atoms with van der Waals surface area (Å²) >= 11 is 6.01. The molecule has 0 spiro atoms. The van der Waals surface area contributed by atoms with E-state index in [-0.39, 0.29) is 6.04 Å². The van der Waals surface area contributed by atoms with Gasteiger partial charge in [0.15, 0.2) is 0 Å². The summed E-state index contributed by atoms with van der Waals surface area (Å²) in [6.07, 6.45) is 3.16. The molecule has 2 rings (SSSR count). The minimum absolute atomic E-state index is 0.292. The van der Waals surface area contributed by atoms with Crippen LogP contribution in [0.15, 0.2) is 29.0 Å². The summed E-state index contributed by atoms with van der Waals surface area (Å²) in [5, 5.41) is 4.60. The van der Waals surface area contributed by atoms with Crippen LogP contribution < -0.4 is 11.3 Å². The first-order valence-corrected chi connectivity index (χ1v) is 4.78. The number of hydrazine groups is 1. The monoisotopic (exact) mass is 226 g/mol. The van der Waals surface area contributed by atoms with Gasteiger partial charge in [-0.05, 0) is 12.1 Å². The van der Waals surface area contributed by atoms with Crippen molar-refractivity contribution in [3.05, 3.63) is 41.1 Å². The van der Waals surface area contributed by atoms with Crippen molar-refractivity contribution >= 4 is 11.6 Å². The zero-order valence-electron chi connectivity index (χ0n) is 8.14. The number of aryl methyl sites for hydroxylation is 1. The van der Waals surface area contributed by atoms with Gasteiger partial charge >= 0.3 is 0 Å². The van der Waals surface area contributed by atoms with Crippen LogP contribution in [0.2, 0.25) is 5.02 Å². The van der Waals surface area contributed by atoms with Crippen molar-refractivity contribution in [1.29, 1.82) is 0 Å². The summed E-state index contributed by atoms with van der Waals surface area (Å²) in [6, 6.07) is 3.33. The number of halogens is 1. The molecule has 0 aliphatic heterocycles. The lowest BCUT2D eigenvalue weighted by Crippen LogP contribution is -2.30. The summed E-state index contributed by atoms with van der Waals surface area (Å²) in [4.78, 5) is 0. The first-order valence-electron chi connectivity index (χ1n) is 4.41. The average molecular weight is 227 g/mol. The van der Waals surface area contributed by atoms with Gasteiger partial charge in [0.25, 0.3) is 0 Å². The summed E-state index contributed by atoms with van der Waals surface area (Å²) in [5.41, 5.74) is 3.42. The van der Waals surface area contributed by atoms with E-state index < -0.39 is 0 Å². The van der Waals surface area contributed by atoms with Crippen LogP contribution in [0, 0.1) is 0 Å². The van der Waals surface area contributed by atoms with Crippen molar-refractivity contribution in [2.75, 3.05) is 0 Å². The van der Waals surface area contributed by atoms with Crippen LogP contribution in [0.1, 0.15) is 17.5 Å². The second-order valence-corrected chi connectivity index (χ2v) is 3.52. The number of nitrogens with one attached hydrogen (secondary N) is 1. The highest BCUT2D eigenvalue weighted by Crippen LogP contribution is 2.27. The quantitative estimate of drug-likeness (QED) is 0.610. The Balaban J connectivity index is 2.44. The van der Waals surface area contributed by atoms with Crippen LogP contribution in [0.3, 0.4) is 0 Å². The molecule has 0 amide bonds. The van der Waals surface area contributed by atoms with Gasteiger partial charge in [-0.2, -0.15) is 5.10 Å². The predicted octanol–water partition coefficient (Wildman–Crippen LogP) is 1.22. The predicted molar refractivity (Wildman–Crippen MR) is 56.1 cm³/mol. The molecule has 3 N–H and O–H groups in total. The highest BCUT2D eigenvalue weighted by molar-refractivity contribution is 6.31. The Kier molecular flexibility index (Phi) is 2.77. The smallest absolute Gasteiger partial charge is 0.128 e. The molecule has 0 saturated carbocycles. The van der Waals surface area contributed by atoms with Crippen LogP contribution in [0.5, 0.6) is 0 Å². The maximum Gasteiger partial charge on any atom is 0.128 e. The van der Waals surface area contributed by atoms with Crippen LogP contribution in [0.25, 0.3) is 0 Å². The number of aromatic nitrogens is 2. The second-order valence-electron chi connectivity index (χ2n) is 3.12. The summed E-state index contributed by atoms with van der Waals surface area (Å²) < 4.78 is 6.94. The Hall–Kier alpha value is -1.30. The molecule has 15 heavy (non-hydrogen) atoms. The molecule has 80 valence electrons. The SMILES string of the molecule is Cn1ncc(Cl)c1C(NN)c1ccco1. The van der Waals surface area contributed by atoms with Crippen molar-refractivity contribution in [2.45, 2.75) is 6.04 Å². The Morgan fingerprint density at radius 1 is 1.67 bits per heavy atom. The third-order valence-electron chi connectivity index (χ3n) is 2.21. The van der Waals surface area contributed by atoms with Gasteiger partial charge in [-0.15, -0.1) is 0 Å².